The molecule has 2 heterocycles. The van der Waals surface area contributed by atoms with E-state index in [0.29, 0.717) is 16.9 Å². The molecular formula is C19H18ClN5O. The first-order valence-corrected chi connectivity index (χ1v) is 8.79. The summed E-state index contributed by atoms with van der Waals surface area (Å²) >= 11 is 6.04. The number of carbonyl (C=O) groups excluding carboxylic acids is 1. The predicted octanol–water partition coefficient (Wildman–Crippen LogP) is 4.04. The second kappa shape index (κ2) is 6.80. The van der Waals surface area contributed by atoms with Crippen LogP contribution in [0, 0.1) is 0 Å². The third-order valence-electron chi connectivity index (χ3n) is 4.43. The molecular weight excluding hydrogens is 350 g/mol. The standard InChI is InChI=1S/C19H18ClN5O/c1-12(26)21-18-23-19-22-16(13-5-3-2-4-6-13)11-17(25(19)24-18)14-7-9-15(20)10-8-14/h2-10,16-17H,11H2,1H3,(H2,21,22,23,24,26). The van der Waals surface area contributed by atoms with Gasteiger partial charge in [-0.3, -0.25) is 10.1 Å². The maximum Gasteiger partial charge on any atom is 0.250 e. The van der Waals surface area contributed by atoms with Gasteiger partial charge in [-0.25, -0.2) is 4.68 Å². The number of hydrogen-bond donors (Lipinski definition) is 2. The highest BCUT2D eigenvalue weighted by Crippen LogP contribution is 2.38. The van der Waals surface area contributed by atoms with Crippen LogP contribution < -0.4 is 10.6 Å². The van der Waals surface area contributed by atoms with Crippen LogP contribution in [-0.2, 0) is 4.79 Å². The predicted molar refractivity (Wildman–Crippen MR) is 101 cm³/mol. The van der Waals surface area contributed by atoms with Gasteiger partial charge in [-0.15, -0.1) is 5.10 Å². The van der Waals surface area contributed by atoms with Gasteiger partial charge in [0.2, 0.25) is 11.9 Å². The molecule has 132 valence electrons. The summed E-state index contributed by atoms with van der Waals surface area (Å²) in [4.78, 5) is 15.8. The van der Waals surface area contributed by atoms with Crippen molar-refractivity contribution < 1.29 is 4.79 Å². The maximum atomic E-state index is 11.4. The second-order valence-corrected chi connectivity index (χ2v) is 6.73. The van der Waals surface area contributed by atoms with Gasteiger partial charge in [0.15, 0.2) is 0 Å². The minimum absolute atomic E-state index is 0.0104. The van der Waals surface area contributed by atoms with Crippen LogP contribution >= 0.6 is 11.6 Å². The van der Waals surface area contributed by atoms with Crippen molar-refractivity contribution >= 4 is 29.4 Å². The SMILES string of the molecule is CC(=O)Nc1nc2n(n1)C(c1ccc(Cl)cc1)CC(c1ccccc1)N2. The van der Waals surface area contributed by atoms with Gasteiger partial charge in [0.05, 0.1) is 12.1 Å². The molecule has 7 heteroatoms. The average Bonchev–Trinajstić information content (AvgIpc) is 3.04. The first-order valence-electron chi connectivity index (χ1n) is 8.41. The van der Waals surface area contributed by atoms with Crippen molar-refractivity contribution in [3.05, 3.63) is 70.7 Å². The zero-order valence-corrected chi connectivity index (χ0v) is 14.9. The Balaban J connectivity index is 1.75. The lowest BCUT2D eigenvalue weighted by Gasteiger charge is -2.31. The molecule has 4 rings (SSSR count). The fourth-order valence-electron chi connectivity index (χ4n) is 3.25. The summed E-state index contributed by atoms with van der Waals surface area (Å²) in [6.45, 7) is 1.44. The minimum Gasteiger partial charge on any atom is -0.347 e. The lowest BCUT2D eigenvalue weighted by atomic mass is 9.93. The molecule has 0 saturated carbocycles. The smallest absolute Gasteiger partial charge is 0.250 e. The molecule has 26 heavy (non-hydrogen) atoms. The van der Waals surface area contributed by atoms with Gasteiger partial charge in [-0.2, -0.15) is 4.98 Å². The number of carbonyl (C=O) groups is 1. The number of nitrogens with one attached hydrogen (secondary N) is 2. The molecule has 0 saturated heterocycles. The molecule has 0 spiro atoms. The van der Waals surface area contributed by atoms with Crippen LogP contribution in [0.15, 0.2) is 54.6 Å². The number of halogens is 1. The van der Waals surface area contributed by atoms with Gasteiger partial charge in [-0.1, -0.05) is 54.1 Å². The molecule has 1 aliphatic rings. The lowest BCUT2D eigenvalue weighted by Crippen LogP contribution is -2.28. The van der Waals surface area contributed by atoms with Crippen molar-refractivity contribution in [2.75, 3.05) is 10.6 Å². The van der Waals surface area contributed by atoms with E-state index in [1.807, 2.05) is 47.1 Å². The van der Waals surface area contributed by atoms with Crippen LogP contribution in [0.4, 0.5) is 11.9 Å². The van der Waals surface area contributed by atoms with Crippen molar-refractivity contribution in [2.45, 2.75) is 25.4 Å². The van der Waals surface area contributed by atoms with Crippen LogP contribution in [0.25, 0.3) is 0 Å². The molecule has 1 aliphatic heterocycles. The zero-order valence-electron chi connectivity index (χ0n) is 14.2. The molecule has 1 aromatic heterocycles. The van der Waals surface area contributed by atoms with Crippen molar-refractivity contribution in [1.29, 1.82) is 0 Å². The second-order valence-electron chi connectivity index (χ2n) is 6.30. The highest BCUT2D eigenvalue weighted by Gasteiger charge is 2.31. The van der Waals surface area contributed by atoms with Crippen molar-refractivity contribution in [2.24, 2.45) is 0 Å². The van der Waals surface area contributed by atoms with E-state index >= 15 is 0 Å². The van der Waals surface area contributed by atoms with E-state index in [-0.39, 0.29) is 18.0 Å². The van der Waals surface area contributed by atoms with E-state index in [9.17, 15) is 4.79 Å². The molecule has 2 atom stereocenters. The Labute approximate surface area is 156 Å². The summed E-state index contributed by atoms with van der Waals surface area (Å²) in [7, 11) is 0. The van der Waals surface area contributed by atoms with E-state index < -0.39 is 0 Å². The van der Waals surface area contributed by atoms with Crippen molar-refractivity contribution in [3.63, 3.8) is 0 Å². The van der Waals surface area contributed by atoms with Gasteiger partial charge in [0.1, 0.15) is 0 Å². The van der Waals surface area contributed by atoms with Crippen LogP contribution in [0.2, 0.25) is 5.02 Å². The van der Waals surface area contributed by atoms with Gasteiger partial charge in [0, 0.05) is 11.9 Å². The third-order valence-corrected chi connectivity index (χ3v) is 4.69. The third kappa shape index (κ3) is 3.28. The number of benzene rings is 2. The summed E-state index contributed by atoms with van der Waals surface area (Å²) in [6.07, 6.45) is 0.807. The van der Waals surface area contributed by atoms with Gasteiger partial charge in [-0.05, 0) is 29.7 Å². The summed E-state index contributed by atoms with van der Waals surface area (Å²) in [6, 6.07) is 18.1. The number of anilines is 2. The molecule has 2 aromatic carbocycles. The minimum atomic E-state index is -0.199. The highest BCUT2D eigenvalue weighted by atomic mass is 35.5. The largest absolute Gasteiger partial charge is 0.347 e. The monoisotopic (exact) mass is 367 g/mol. The highest BCUT2D eigenvalue weighted by molar-refractivity contribution is 6.30. The number of fused-ring (bicyclic) bond motifs is 1. The van der Waals surface area contributed by atoms with E-state index in [1.165, 1.54) is 12.5 Å². The number of aromatic nitrogens is 3. The molecule has 1 amide bonds. The molecule has 6 nitrogen and oxygen atoms in total. The number of hydrogen-bond acceptors (Lipinski definition) is 4. The lowest BCUT2D eigenvalue weighted by molar-refractivity contribution is -0.114. The summed E-state index contributed by atoms with van der Waals surface area (Å²) in [5.74, 6) is 0.733. The van der Waals surface area contributed by atoms with E-state index in [4.69, 9.17) is 11.6 Å². The Morgan fingerprint density at radius 1 is 1.15 bits per heavy atom. The Hall–Kier alpha value is -2.86. The maximum absolute atomic E-state index is 11.4. The van der Waals surface area contributed by atoms with Crippen molar-refractivity contribution in [3.8, 4) is 0 Å². The quantitative estimate of drug-likeness (QED) is 0.733. The number of nitrogens with zero attached hydrogens (tertiary/aromatic N) is 3. The van der Waals surface area contributed by atoms with E-state index in [0.717, 1.165) is 12.0 Å². The van der Waals surface area contributed by atoms with Crippen LogP contribution in [0.3, 0.4) is 0 Å². The fraction of sp³-hybridized carbons (Fsp3) is 0.211. The molecule has 0 aliphatic carbocycles. The average molecular weight is 368 g/mol. The summed E-state index contributed by atoms with van der Waals surface area (Å²) in [5, 5.41) is 11.3. The topological polar surface area (TPSA) is 71.8 Å². The Morgan fingerprint density at radius 3 is 2.58 bits per heavy atom. The molecule has 0 radical (unpaired) electrons. The first-order chi connectivity index (χ1) is 12.6. The number of rotatable bonds is 3. The first kappa shape index (κ1) is 16.6. The molecule has 0 bridgehead atoms. The molecule has 2 unspecified atom stereocenters. The van der Waals surface area contributed by atoms with E-state index in [1.54, 1.807) is 0 Å². The van der Waals surface area contributed by atoms with Gasteiger partial charge >= 0.3 is 0 Å². The van der Waals surface area contributed by atoms with Crippen LogP contribution in [-0.4, -0.2) is 20.7 Å². The Morgan fingerprint density at radius 2 is 1.88 bits per heavy atom. The molecule has 0 fully saturated rings. The van der Waals surface area contributed by atoms with Gasteiger partial charge in [0.25, 0.3) is 5.95 Å². The summed E-state index contributed by atoms with van der Waals surface area (Å²) < 4.78 is 1.83. The van der Waals surface area contributed by atoms with E-state index in [2.05, 4.69) is 32.8 Å². The van der Waals surface area contributed by atoms with Gasteiger partial charge < -0.3 is 5.32 Å². The Kier molecular flexibility index (Phi) is 4.34. The normalized spacial score (nSPS) is 18.7. The Bertz CT molecular complexity index is 923. The fourth-order valence-corrected chi connectivity index (χ4v) is 3.38. The molecule has 3 aromatic rings. The van der Waals surface area contributed by atoms with Crippen LogP contribution in [0.1, 0.15) is 36.6 Å². The zero-order chi connectivity index (χ0) is 18.1. The number of amides is 1. The summed E-state index contributed by atoms with van der Waals surface area (Å²) in [5.41, 5.74) is 2.28. The van der Waals surface area contributed by atoms with Crippen LogP contribution in [0.5, 0.6) is 0 Å². The molecule has 2 N–H and O–H groups in total. The van der Waals surface area contributed by atoms with Crippen molar-refractivity contribution in [1.82, 2.24) is 14.8 Å².